The van der Waals surface area contributed by atoms with Crippen molar-refractivity contribution in [3.05, 3.63) is 72.5 Å². The third-order valence-corrected chi connectivity index (χ3v) is 6.65. The number of hydrogen-bond acceptors (Lipinski definition) is 5. The number of anilines is 1. The molecule has 0 aliphatic rings. The first kappa shape index (κ1) is 25.2. The number of halogens is 1. The molecule has 0 fully saturated rings. The molecule has 3 aromatic rings. The van der Waals surface area contributed by atoms with Crippen molar-refractivity contribution in [1.29, 1.82) is 0 Å². The monoisotopic (exact) mass is 486 g/mol. The van der Waals surface area contributed by atoms with E-state index in [4.69, 9.17) is 9.47 Å². The fourth-order valence-electron chi connectivity index (χ4n) is 3.30. The third kappa shape index (κ3) is 6.12. The molecule has 0 unspecified atom stereocenters. The van der Waals surface area contributed by atoms with Crippen molar-refractivity contribution in [3.63, 3.8) is 0 Å². The minimum absolute atomic E-state index is 0.0138. The van der Waals surface area contributed by atoms with Crippen LogP contribution in [0.1, 0.15) is 13.8 Å². The number of ether oxygens (including phenoxy) is 2. The Labute approximate surface area is 199 Å². The Morgan fingerprint density at radius 2 is 1.35 bits per heavy atom. The van der Waals surface area contributed by atoms with E-state index in [0.717, 1.165) is 11.1 Å². The highest BCUT2D eigenvalue weighted by molar-refractivity contribution is 7.89. The first-order chi connectivity index (χ1) is 16.1. The normalized spacial score (nSPS) is 12.3. The van der Waals surface area contributed by atoms with Gasteiger partial charge in [-0.3, -0.25) is 4.79 Å². The Kier molecular flexibility index (Phi) is 7.90. The Morgan fingerprint density at radius 3 is 1.82 bits per heavy atom. The van der Waals surface area contributed by atoms with E-state index in [1.54, 1.807) is 56.3 Å². The molecule has 3 aromatic carbocycles. The standard InChI is InChI=1S/C25H27FN2O5S/c1-16(2)24(25(29)27-20-13-21(32-3)15-22(14-20)33-4)28-34(30,31)23-11-7-18(8-12-23)17-5-9-19(26)10-6-17/h5-16,24,28H,1-4H3,(H,27,29)/t24-/m0/s1. The largest absolute Gasteiger partial charge is 0.497 e. The first-order valence-electron chi connectivity index (χ1n) is 10.5. The van der Waals surface area contributed by atoms with Gasteiger partial charge in [0.2, 0.25) is 15.9 Å². The Balaban J connectivity index is 1.79. The van der Waals surface area contributed by atoms with Gasteiger partial charge in [-0.05, 0) is 41.3 Å². The highest BCUT2D eigenvalue weighted by Crippen LogP contribution is 2.26. The predicted molar refractivity (Wildman–Crippen MR) is 129 cm³/mol. The van der Waals surface area contributed by atoms with Crippen molar-refractivity contribution in [1.82, 2.24) is 4.72 Å². The van der Waals surface area contributed by atoms with E-state index in [-0.39, 0.29) is 16.6 Å². The van der Waals surface area contributed by atoms with Gasteiger partial charge in [0.1, 0.15) is 23.4 Å². The van der Waals surface area contributed by atoms with Crippen molar-refractivity contribution in [3.8, 4) is 22.6 Å². The lowest BCUT2D eigenvalue weighted by atomic mass is 10.0. The fourth-order valence-corrected chi connectivity index (χ4v) is 4.64. The van der Waals surface area contributed by atoms with Gasteiger partial charge in [-0.15, -0.1) is 0 Å². The second kappa shape index (κ2) is 10.7. The molecule has 0 spiro atoms. The molecular formula is C25H27FN2O5S. The smallest absolute Gasteiger partial charge is 0.242 e. The molecule has 3 rings (SSSR count). The van der Waals surface area contributed by atoms with Gasteiger partial charge in [-0.2, -0.15) is 4.72 Å². The molecule has 0 saturated heterocycles. The maximum atomic E-state index is 13.2. The molecule has 0 aliphatic heterocycles. The Morgan fingerprint density at radius 1 is 0.853 bits per heavy atom. The molecule has 0 radical (unpaired) electrons. The molecule has 2 N–H and O–H groups in total. The van der Waals surface area contributed by atoms with E-state index in [1.165, 1.54) is 38.5 Å². The number of rotatable bonds is 9. The zero-order valence-electron chi connectivity index (χ0n) is 19.3. The van der Waals surface area contributed by atoms with Gasteiger partial charge in [-0.25, -0.2) is 12.8 Å². The minimum atomic E-state index is -3.99. The molecule has 1 atom stereocenters. The summed E-state index contributed by atoms with van der Waals surface area (Å²) in [5, 5.41) is 2.73. The predicted octanol–water partition coefficient (Wildman–Crippen LogP) is 4.45. The zero-order chi connectivity index (χ0) is 24.9. The highest BCUT2D eigenvalue weighted by Gasteiger charge is 2.28. The summed E-state index contributed by atoms with van der Waals surface area (Å²) in [5.74, 6) is -0.231. The average molecular weight is 487 g/mol. The second-order valence-corrected chi connectivity index (χ2v) is 9.68. The summed E-state index contributed by atoms with van der Waals surface area (Å²) in [4.78, 5) is 13.0. The number of carbonyl (C=O) groups is 1. The van der Waals surface area contributed by atoms with Gasteiger partial charge >= 0.3 is 0 Å². The lowest BCUT2D eigenvalue weighted by Gasteiger charge is -2.22. The van der Waals surface area contributed by atoms with Crippen molar-refractivity contribution >= 4 is 21.6 Å². The average Bonchev–Trinajstić information content (AvgIpc) is 2.82. The number of carbonyl (C=O) groups excluding carboxylic acids is 1. The first-order valence-corrected chi connectivity index (χ1v) is 12.0. The summed E-state index contributed by atoms with van der Waals surface area (Å²) in [6, 6.07) is 15.9. The number of amides is 1. The summed E-state index contributed by atoms with van der Waals surface area (Å²) < 4.78 is 52.1. The van der Waals surface area contributed by atoms with Crippen LogP contribution in [0.2, 0.25) is 0 Å². The minimum Gasteiger partial charge on any atom is -0.497 e. The summed E-state index contributed by atoms with van der Waals surface area (Å²) >= 11 is 0. The van der Waals surface area contributed by atoms with E-state index < -0.39 is 22.0 Å². The van der Waals surface area contributed by atoms with Crippen molar-refractivity contribution in [2.45, 2.75) is 24.8 Å². The molecular weight excluding hydrogens is 459 g/mol. The number of benzene rings is 3. The second-order valence-electron chi connectivity index (χ2n) is 7.96. The number of methoxy groups -OCH3 is 2. The summed E-state index contributed by atoms with van der Waals surface area (Å²) in [7, 11) is -1.01. The van der Waals surface area contributed by atoms with E-state index in [0.29, 0.717) is 17.2 Å². The van der Waals surface area contributed by atoms with E-state index in [1.807, 2.05) is 0 Å². The quantitative estimate of drug-likeness (QED) is 0.466. The molecule has 0 bridgehead atoms. The van der Waals surface area contributed by atoms with E-state index in [9.17, 15) is 17.6 Å². The molecule has 180 valence electrons. The van der Waals surface area contributed by atoms with E-state index >= 15 is 0 Å². The SMILES string of the molecule is COc1cc(NC(=O)[C@@H](NS(=O)(=O)c2ccc(-c3ccc(F)cc3)cc2)C(C)C)cc(OC)c1. The molecule has 1 amide bonds. The van der Waals surface area contributed by atoms with Crippen LogP contribution in [0.5, 0.6) is 11.5 Å². The van der Waals surface area contributed by atoms with Crippen molar-refractivity contribution < 1.29 is 27.1 Å². The molecule has 0 aliphatic carbocycles. The number of nitrogens with one attached hydrogen (secondary N) is 2. The third-order valence-electron chi connectivity index (χ3n) is 5.19. The summed E-state index contributed by atoms with van der Waals surface area (Å²) in [6.07, 6.45) is 0. The maximum Gasteiger partial charge on any atom is 0.242 e. The van der Waals surface area contributed by atoms with Crippen LogP contribution in [0.15, 0.2) is 71.6 Å². The highest BCUT2D eigenvalue weighted by atomic mass is 32.2. The maximum absolute atomic E-state index is 13.2. The van der Waals surface area contributed by atoms with Crippen LogP contribution in [0.3, 0.4) is 0 Å². The van der Waals surface area contributed by atoms with Crippen molar-refractivity contribution in [2.75, 3.05) is 19.5 Å². The van der Waals surface area contributed by atoms with Gasteiger partial charge in [-0.1, -0.05) is 38.1 Å². The van der Waals surface area contributed by atoms with Crippen LogP contribution < -0.4 is 19.5 Å². The summed E-state index contributed by atoms with van der Waals surface area (Å²) in [5.41, 5.74) is 1.91. The van der Waals surface area contributed by atoms with Gasteiger partial charge in [0.05, 0.1) is 19.1 Å². The zero-order valence-corrected chi connectivity index (χ0v) is 20.1. The van der Waals surface area contributed by atoms with Crippen LogP contribution in [-0.4, -0.2) is 34.6 Å². The van der Waals surface area contributed by atoms with Crippen LogP contribution in [0.4, 0.5) is 10.1 Å². The Hall–Kier alpha value is -3.43. The van der Waals surface area contributed by atoms with Crippen LogP contribution in [0.25, 0.3) is 11.1 Å². The van der Waals surface area contributed by atoms with Gasteiger partial charge < -0.3 is 14.8 Å². The van der Waals surface area contributed by atoms with Gasteiger partial charge in [0.25, 0.3) is 0 Å². The van der Waals surface area contributed by atoms with Gasteiger partial charge in [0.15, 0.2) is 0 Å². The molecule has 7 nitrogen and oxygen atoms in total. The molecule has 0 aromatic heterocycles. The van der Waals surface area contributed by atoms with Crippen LogP contribution in [0, 0.1) is 11.7 Å². The molecule has 0 saturated carbocycles. The molecule has 9 heteroatoms. The lowest BCUT2D eigenvalue weighted by Crippen LogP contribution is -2.47. The van der Waals surface area contributed by atoms with E-state index in [2.05, 4.69) is 10.0 Å². The number of hydrogen-bond donors (Lipinski definition) is 2. The fraction of sp³-hybridized carbons (Fsp3) is 0.240. The van der Waals surface area contributed by atoms with Crippen molar-refractivity contribution in [2.24, 2.45) is 5.92 Å². The molecule has 0 heterocycles. The summed E-state index contributed by atoms with van der Waals surface area (Å²) in [6.45, 7) is 3.49. The van der Waals surface area contributed by atoms with Gasteiger partial charge in [0, 0.05) is 23.9 Å². The Bertz CT molecular complexity index is 1220. The number of sulfonamides is 1. The lowest BCUT2D eigenvalue weighted by molar-refractivity contribution is -0.118. The molecule has 34 heavy (non-hydrogen) atoms. The van der Waals surface area contributed by atoms with Crippen LogP contribution >= 0.6 is 0 Å². The van der Waals surface area contributed by atoms with Crippen LogP contribution in [-0.2, 0) is 14.8 Å². The topological polar surface area (TPSA) is 93.7 Å².